The van der Waals surface area contributed by atoms with Crippen molar-refractivity contribution in [3.63, 3.8) is 0 Å². The average Bonchev–Trinajstić information content (AvgIpc) is 2.51. The first-order valence-electron chi connectivity index (χ1n) is 10.0. The van der Waals surface area contributed by atoms with Gasteiger partial charge in [-0.2, -0.15) is 0 Å². The Morgan fingerprint density at radius 3 is 1.52 bits per heavy atom. The fourth-order valence-electron chi connectivity index (χ4n) is 4.65. The standard InChI is InChI=1S/C25H36O2/c1-15(2)13-25(7,8)14-22(20-11-16(3)9-18(5)23(20)26)21-12-17(4)10-19(6)24(21)27/h9-12,15,22,26-27H,13-14H2,1-8H3. The third-order valence-electron chi connectivity index (χ3n) is 5.42. The van der Waals surface area contributed by atoms with E-state index in [4.69, 9.17) is 0 Å². The van der Waals surface area contributed by atoms with Crippen LogP contribution in [0.5, 0.6) is 11.5 Å². The van der Waals surface area contributed by atoms with Crippen LogP contribution in [0.3, 0.4) is 0 Å². The lowest BCUT2D eigenvalue weighted by atomic mass is 9.72. The minimum atomic E-state index is -0.0454. The number of rotatable bonds is 6. The Balaban J connectivity index is 2.67. The van der Waals surface area contributed by atoms with Gasteiger partial charge in [-0.3, -0.25) is 0 Å². The second-order valence-electron chi connectivity index (χ2n) is 9.56. The normalized spacial score (nSPS) is 12.2. The molecule has 0 aromatic heterocycles. The van der Waals surface area contributed by atoms with E-state index in [1.165, 1.54) is 0 Å². The van der Waals surface area contributed by atoms with Crippen LogP contribution in [0.25, 0.3) is 0 Å². The summed E-state index contributed by atoms with van der Waals surface area (Å²) in [5.74, 6) is 1.26. The second-order valence-corrected chi connectivity index (χ2v) is 9.56. The molecule has 27 heavy (non-hydrogen) atoms. The summed E-state index contributed by atoms with van der Waals surface area (Å²) in [4.78, 5) is 0. The molecule has 2 aromatic carbocycles. The summed E-state index contributed by atoms with van der Waals surface area (Å²) in [7, 11) is 0. The van der Waals surface area contributed by atoms with Crippen LogP contribution in [0, 0.1) is 39.0 Å². The smallest absolute Gasteiger partial charge is 0.122 e. The molecule has 2 aromatic rings. The largest absolute Gasteiger partial charge is 0.507 e. The van der Waals surface area contributed by atoms with Crippen molar-refractivity contribution in [2.75, 3.05) is 0 Å². The molecular formula is C25H36O2. The van der Waals surface area contributed by atoms with Gasteiger partial charge in [-0.05, 0) is 63.0 Å². The Morgan fingerprint density at radius 2 is 1.15 bits per heavy atom. The van der Waals surface area contributed by atoms with Crippen molar-refractivity contribution < 1.29 is 10.2 Å². The number of hydrogen-bond donors (Lipinski definition) is 2. The van der Waals surface area contributed by atoms with Crippen molar-refractivity contribution in [2.24, 2.45) is 11.3 Å². The molecule has 2 N–H and O–H groups in total. The molecule has 0 aliphatic carbocycles. The highest BCUT2D eigenvalue weighted by Crippen LogP contribution is 2.46. The fraction of sp³-hybridized carbons (Fsp3) is 0.520. The Hall–Kier alpha value is -1.96. The van der Waals surface area contributed by atoms with Gasteiger partial charge in [0.05, 0.1) is 0 Å². The minimum Gasteiger partial charge on any atom is -0.507 e. The van der Waals surface area contributed by atoms with Crippen LogP contribution in [0.4, 0.5) is 0 Å². The van der Waals surface area contributed by atoms with E-state index in [-0.39, 0.29) is 11.3 Å². The molecule has 0 fully saturated rings. The van der Waals surface area contributed by atoms with E-state index in [1.54, 1.807) is 0 Å². The summed E-state index contributed by atoms with van der Waals surface area (Å²) in [5.41, 5.74) is 5.98. The zero-order chi connectivity index (χ0) is 20.5. The number of aromatic hydroxyl groups is 2. The predicted molar refractivity (Wildman–Crippen MR) is 115 cm³/mol. The van der Waals surface area contributed by atoms with Crippen molar-refractivity contribution in [1.29, 1.82) is 0 Å². The van der Waals surface area contributed by atoms with Gasteiger partial charge >= 0.3 is 0 Å². The monoisotopic (exact) mass is 368 g/mol. The number of benzene rings is 2. The molecule has 0 radical (unpaired) electrons. The first kappa shape index (κ1) is 21.3. The SMILES string of the molecule is Cc1cc(C)c(O)c(C(CC(C)(C)CC(C)C)c2cc(C)cc(C)c2O)c1. The van der Waals surface area contributed by atoms with Gasteiger partial charge < -0.3 is 10.2 Å². The molecule has 2 heteroatoms. The summed E-state index contributed by atoms with van der Waals surface area (Å²) in [6, 6.07) is 8.18. The molecule has 0 saturated carbocycles. The van der Waals surface area contributed by atoms with Crippen molar-refractivity contribution in [2.45, 2.75) is 74.1 Å². The topological polar surface area (TPSA) is 40.5 Å². The van der Waals surface area contributed by atoms with Crippen LogP contribution in [-0.4, -0.2) is 10.2 Å². The fourth-order valence-corrected chi connectivity index (χ4v) is 4.65. The van der Waals surface area contributed by atoms with Gasteiger partial charge in [-0.15, -0.1) is 0 Å². The molecule has 2 nitrogen and oxygen atoms in total. The van der Waals surface area contributed by atoms with Crippen molar-refractivity contribution in [3.8, 4) is 11.5 Å². The summed E-state index contributed by atoms with van der Waals surface area (Å²) < 4.78 is 0. The van der Waals surface area contributed by atoms with Gasteiger partial charge in [-0.1, -0.05) is 63.1 Å². The van der Waals surface area contributed by atoms with Gasteiger partial charge in [0.15, 0.2) is 0 Å². The van der Waals surface area contributed by atoms with E-state index in [0.29, 0.717) is 17.4 Å². The Bertz CT molecular complexity index is 758. The maximum Gasteiger partial charge on any atom is 0.122 e. The van der Waals surface area contributed by atoms with E-state index in [2.05, 4.69) is 53.7 Å². The molecule has 0 spiro atoms. The van der Waals surface area contributed by atoms with Crippen molar-refractivity contribution >= 4 is 0 Å². The van der Waals surface area contributed by atoms with Crippen LogP contribution in [0.1, 0.15) is 79.8 Å². The molecule has 0 bridgehead atoms. The van der Waals surface area contributed by atoms with Crippen molar-refractivity contribution in [1.82, 2.24) is 0 Å². The van der Waals surface area contributed by atoms with Crippen LogP contribution in [0.15, 0.2) is 24.3 Å². The third kappa shape index (κ3) is 5.06. The average molecular weight is 369 g/mol. The predicted octanol–water partition coefficient (Wildman–Crippen LogP) is 6.93. The van der Waals surface area contributed by atoms with Gasteiger partial charge in [0.2, 0.25) is 0 Å². The van der Waals surface area contributed by atoms with E-state index < -0.39 is 0 Å². The number of aryl methyl sites for hydroxylation is 4. The Morgan fingerprint density at radius 1 is 0.741 bits per heavy atom. The number of phenols is 2. The lowest BCUT2D eigenvalue weighted by Gasteiger charge is -2.33. The molecular weight excluding hydrogens is 332 g/mol. The summed E-state index contributed by atoms with van der Waals surface area (Å²) in [6.45, 7) is 17.1. The highest BCUT2D eigenvalue weighted by atomic mass is 16.3. The van der Waals surface area contributed by atoms with E-state index in [0.717, 1.165) is 46.2 Å². The van der Waals surface area contributed by atoms with Crippen LogP contribution >= 0.6 is 0 Å². The molecule has 0 aliphatic heterocycles. The zero-order valence-electron chi connectivity index (χ0n) is 18.3. The molecule has 0 aliphatic rings. The van der Waals surface area contributed by atoms with Gasteiger partial charge in [0.25, 0.3) is 0 Å². The quantitative estimate of drug-likeness (QED) is 0.580. The lowest BCUT2D eigenvalue weighted by Crippen LogP contribution is -2.20. The third-order valence-corrected chi connectivity index (χ3v) is 5.42. The van der Waals surface area contributed by atoms with Crippen molar-refractivity contribution in [3.05, 3.63) is 57.6 Å². The van der Waals surface area contributed by atoms with Gasteiger partial charge in [-0.25, -0.2) is 0 Å². The Kier molecular flexibility index (Phi) is 6.29. The highest BCUT2D eigenvalue weighted by Gasteiger charge is 2.30. The molecule has 0 saturated heterocycles. The van der Waals surface area contributed by atoms with E-state index in [9.17, 15) is 10.2 Å². The maximum atomic E-state index is 10.9. The van der Waals surface area contributed by atoms with E-state index in [1.807, 2.05) is 26.0 Å². The summed E-state index contributed by atoms with van der Waals surface area (Å²) >= 11 is 0. The number of hydrogen-bond acceptors (Lipinski definition) is 2. The zero-order valence-corrected chi connectivity index (χ0v) is 18.3. The maximum absolute atomic E-state index is 10.9. The van der Waals surface area contributed by atoms with Crippen LogP contribution in [0.2, 0.25) is 0 Å². The van der Waals surface area contributed by atoms with Gasteiger partial charge in [0, 0.05) is 17.0 Å². The molecule has 0 unspecified atom stereocenters. The molecule has 0 heterocycles. The summed E-state index contributed by atoms with van der Waals surface area (Å²) in [5, 5.41) is 21.8. The minimum absolute atomic E-state index is 0.0454. The van der Waals surface area contributed by atoms with Crippen LogP contribution < -0.4 is 0 Å². The lowest BCUT2D eigenvalue weighted by molar-refractivity contribution is 0.252. The molecule has 148 valence electrons. The van der Waals surface area contributed by atoms with Gasteiger partial charge in [0.1, 0.15) is 11.5 Å². The molecule has 0 atom stereocenters. The molecule has 2 rings (SSSR count). The first-order valence-corrected chi connectivity index (χ1v) is 10.0. The molecule has 0 amide bonds. The van der Waals surface area contributed by atoms with E-state index >= 15 is 0 Å². The first-order chi connectivity index (χ1) is 12.4. The Labute approximate surface area is 165 Å². The number of phenolic OH excluding ortho intramolecular Hbond substituents is 2. The second kappa shape index (κ2) is 7.96. The van der Waals surface area contributed by atoms with Crippen LogP contribution in [-0.2, 0) is 0 Å². The summed E-state index contributed by atoms with van der Waals surface area (Å²) in [6.07, 6.45) is 1.97. The highest BCUT2D eigenvalue weighted by molar-refractivity contribution is 5.53.